The predicted octanol–water partition coefficient (Wildman–Crippen LogP) is 31.9. The second-order valence-electron chi connectivity index (χ2n) is 32.5. The van der Waals surface area contributed by atoms with Crippen molar-refractivity contribution in [3.63, 3.8) is 0 Å². The van der Waals surface area contributed by atoms with Crippen LogP contribution in [0.15, 0.2) is 206 Å². The zero-order valence-electron chi connectivity index (χ0n) is 74.9. The van der Waals surface area contributed by atoms with E-state index in [-0.39, 0.29) is 167 Å². The molecular weight excluding hydrogens is 1530 g/mol. The largest absolute Gasteiger partial charge is 0.358 e. The van der Waals surface area contributed by atoms with Gasteiger partial charge in [-0.1, -0.05) is 350 Å². The van der Waals surface area contributed by atoms with Gasteiger partial charge in [0.15, 0.2) is 0 Å². The Balaban J connectivity index is -0.0000000688. The summed E-state index contributed by atoms with van der Waals surface area (Å²) in [7, 11) is 0. The van der Waals surface area contributed by atoms with E-state index in [1.807, 2.05) is 225 Å². The van der Waals surface area contributed by atoms with Crippen molar-refractivity contribution < 1.29 is 131 Å². The van der Waals surface area contributed by atoms with Gasteiger partial charge in [-0.15, -0.1) is 11.1 Å². The SMILES string of the molecule is CC.CC.CC.CC.CC(C)(C)C.CC(C)(C)C.CC(C)(C)C.CC(C)(C)C.Cc1[c-]ccc(C(C)(C)C)c1.Cc1[c-]ccc(C(C)(C)C)c1.Cc1c[c-]ccc1C(C)(C)C.Cc1c[c-]ccc1C(C)(C)C.[CH3-].[CH3-].[Y].[Y].[Y].[Y].[c-]1ccccc1.[c-]1ccccc1.c1ccccc1.c1ccccc1. The van der Waals surface area contributed by atoms with Gasteiger partial charge in [-0.3, -0.25) is 0 Å². The molecule has 0 aliphatic heterocycles. The Labute approximate surface area is 744 Å². The van der Waals surface area contributed by atoms with E-state index in [0.29, 0.717) is 21.7 Å². The minimum atomic E-state index is 0. The average Bonchev–Trinajstić information content (AvgIpc) is 0.875. The molecule has 0 aliphatic rings. The molecule has 0 saturated carbocycles. The van der Waals surface area contributed by atoms with Crippen molar-refractivity contribution in [2.24, 2.45) is 21.7 Å². The molecule has 8 aromatic rings. The third kappa shape index (κ3) is 119. The van der Waals surface area contributed by atoms with E-state index in [9.17, 15) is 0 Å². The van der Waals surface area contributed by atoms with Gasteiger partial charge >= 0.3 is 0 Å². The number of aryl methyl sites for hydroxylation is 4. The maximum Gasteiger partial charge on any atom is 0 e. The first-order valence-corrected chi connectivity index (χ1v) is 35.8. The molecule has 572 valence electrons. The van der Waals surface area contributed by atoms with Gasteiger partial charge in [-0.05, 0) is 43.3 Å². The second-order valence-corrected chi connectivity index (χ2v) is 32.5. The molecule has 0 N–H and O–H groups in total. The van der Waals surface area contributed by atoms with E-state index in [1.165, 1.54) is 44.5 Å². The van der Waals surface area contributed by atoms with E-state index >= 15 is 0 Å². The monoisotopic (exact) mass is 1690 g/mol. The van der Waals surface area contributed by atoms with Gasteiger partial charge in [0, 0.05) is 131 Å². The molecule has 0 heterocycles. The van der Waals surface area contributed by atoms with Crippen LogP contribution in [0.1, 0.15) is 294 Å². The topological polar surface area (TPSA) is 0 Å². The molecule has 0 aliphatic carbocycles. The number of hydrogen-bond donors (Lipinski definition) is 0. The van der Waals surface area contributed by atoms with Crippen LogP contribution in [0.4, 0.5) is 0 Å². The van der Waals surface area contributed by atoms with Crippen LogP contribution in [0, 0.1) is 101 Å². The molecule has 0 fully saturated rings. The van der Waals surface area contributed by atoms with Gasteiger partial charge in [0.05, 0.1) is 0 Å². The van der Waals surface area contributed by atoms with E-state index in [2.05, 4.69) is 294 Å². The molecule has 4 radical (unpaired) electrons. The zero-order valence-corrected chi connectivity index (χ0v) is 86.3. The average molecular weight is 1690 g/mol. The molecule has 102 heavy (non-hydrogen) atoms. The number of benzene rings is 8. The fraction of sp³-hybridized carbons (Fsp3) is 0.490. The van der Waals surface area contributed by atoms with Crippen molar-refractivity contribution in [1.82, 2.24) is 0 Å². The normalized spacial score (nSPS) is 9.49. The Kier molecular flexibility index (Phi) is 102. The molecular formula is C98H160Y4-8. The van der Waals surface area contributed by atoms with Crippen LogP contribution in [0.5, 0.6) is 0 Å². The summed E-state index contributed by atoms with van der Waals surface area (Å²) < 4.78 is 0. The standard InChI is InChI=1S/4C11H15.2C6H6.2C6H5.4C5H12.4C2H6.2CH3.4Y/c2*1-9-6-5-7-10(8-9)11(2,3)4;2*1-9-7-5-6-8-10(9)11(2,3)4;4*1-2-4-6-5-3-1;4*1-5(2,3)4;4*1-2;;;;;;/h2*5,7-8H,1-4H3;2*6-8H,1-4H3;2*1-6H;2*1-5H;4*1-4H3;4*1-2H3;2*1H3;;;;/q4*-1;;;2*-1;;;;;;;;;2*-1;;;;. The maximum absolute atomic E-state index is 3.14. The molecule has 8 aromatic carbocycles. The molecule has 0 atom stereocenters. The summed E-state index contributed by atoms with van der Waals surface area (Å²) in [4.78, 5) is 0. The van der Waals surface area contributed by atoms with Gasteiger partial charge in [-0.2, -0.15) is 203 Å². The van der Waals surface area contributed by atoms with Crippen LogP contribution in [0.25, 0.3) is 0 Å². The van der Waals surface area contributed by atoms with Crippen LogP contribution < -0.4 is 0 Å². The van der Waals surface area contributed by atoms with Crippen LogP contribution in [0.2, 0.25) is 0 Å². The zero-order chi connectivity index (χ0) is 76.9. The van der Waals surface area contributed by atoms with Crippen LogP contribution in [-0.4, -0.2) is 0 Å². The summed E-state index contributed by atoms with van der Waals surface area (Å²) in [5.41, 5.74) is 13.8. The molecule has 0 aromatic heterocycles. The van der Waals surface area contributed by atoms with Gasteiger partial charge < -0.3 is 14.9 Å². The second kappa shape index (κ2) is 78.7. The van der Waals surface area contributed by atoms with Crippen LogP contribution in [0.3, 0.4) is 0 Å². The summed E-state index contributed by atoms with van der Waals surface area (Å²) in [6.07, 6.45) is 0. The Bertz CT molecular complexity index is 2380. The first kappa shape index (κ1) is 133. The van der Waals surface area contributed by atoms with Crippen LogP contribution >= 0.6 is 0 Å². The summed E-state index contributed by atoms with van der Waals surface area (Å²) in [5.74, 6) is 0. The van der Waals surface area contributed by atoms with E-state index in [4.69, 9.17) is 0 Å². The molecule has 0 unspecified atom stereocenters. The smallest absolute Gasteiger partial charge is 0 e. The van der Waals surface area contributed by atoms with E-state index in [1.54, 1.807) is 0 Å². The van der Waals surface area contributed by atoms with Gasteiger partial charge in [0.1, 0.15) is 0 Å². The van der Waals surface area contributed by atoms with Crippen molar-refractivity contribution >= 4 is 0 Å². The van der Waals surface area contributed by atoms with Crippen molar-refractivity contribution in [3.05, 3.63) is 302 Å². The Morgan fingerprint density at radius 3 is 0.500 bits per heavy atom. The van der Waals surface area contributed by atoms with Gasteiger partial charge in [0.2, 0.25) is 0 Å². The molecule has 0 nitrogen and oxygen atoms in total. The summed E-state index contributed by atoms with van der Waals surface area (Å²) >= 11 is 0. The van der Waals surface area contributed by atoms with E-state index in [0.717, 1.165) is 0 Å². The third-order valence-corrected chi connectivity index (χ3v) is 9.93. The first-order valence-electron chi connectivity index (χ1n) is 35.8. The minimum Gasteiger partial charge on any atom is -0.358 e. The maximum atomic E-state index is 3.14. The Morgan fingerprint density at radius 2 is 0.402 bits per heavy atom. The van der Waals surface area contributed by atoms with Crippen LogP contribution in [-0.2, 0) is 152 Å². The minimum absolute atomic E-state index is 0. The number of rotatable bonds is 0. The molecule has 4 heteroatoms. The van der Waals surface area contributed by atoms with Gasteiger partial charge in [0.25, 0.3) is 0 Å². The van der Waals surface area contributed by atoms with Gasteiger partial charge in [-0.25, -0.2) is 0 Å². The molecule has 0 bridgehead atoms. The quantitative estimate of drug-likeness (QED) is 0.133. The molecule has 0 amide bonds. The van der Waals surface area contributed by atoms with Crippen molar-refractivity contribution in [2.75, 3.05) is 0 Å². The summed E-state index contributed by atoms with van der Waals surface area (Å²) in [5, 5.41) is 0. The Hall–Kier alpha value is -1.82. The molecule has 0 saturated heterocycles. The van der Waals surface area contributed by atoms with Crippen molar-refractivity contribution in [2.45, 2.75) is 299 Å². The third-order valence-electron chi connectivity index (χ3n) is 9.93. The van der Waals surface area contributed by atoms with Crippen molar-refractivity contribution in [3.8, 4) is 0 Å². The molecule has 8 rings (SSSR count). The fourth-order valence-corrected chi connectivity index (χ4v) is 6.27. The van der Waals surface area contributed by atoms with Crippen molar-refractivity contribution in [1.29, 1.82) is 0 Å². The Morgan fingerprint density at radius 1 is 0.225 bits per heavy atom. The first-order chi connectivity index (χ1) is 44.0. The number of hydrogen-bond acceptors (Lipinski definition) is 0. The summed E-state index contributed by atoms with van der Waals surface area (Å²) in [6, 6.07) is 86.4. The molecule has 0 spiro atoms. The fourth-order valence-electron chi connectivity index (χ4n) is 6.27. The predicted molar refractivity (Wildman–Crippen MR) is 457 cm³/mol. The summed E-state index contributed by atoms with van der Waals surface area (Å²) in [6.45, 7) is 86.2. The van der Waals surface area contributed by atoms with E-state index < -0.39 is 0 Å².